The van der Waals surface area contributed by atoms with E-state index in [0.29, 0.717) is 6.61 Å². The summed E-state index contributed by atoms with van der Waals surface area (Å²) in [6, 6.07) is 8.11. The lowest BCUT2D eigenvalue weighted by atomic mass is 10.1. The van der Waals surface area contributed by atoms with E-state index in [9.17, 15) is 0 Å². The maximum absolute atomic E-state index is 6.12. The molecule has 118 valence electrons. The second-order valence-corrected chi connectivity index (χ2v) is 5.44. The molecule has 0 saturated carbocycles. The maximum atomic E-state index is 6.12. The molecule has 0 radical (unpaired) electrons. The van der Waals surface area contributed by atoms with Crippen LogP contribution >= 0.6 is 0 Å². The molecule has 0 aliphatic carbocycles. The van der Waals surface area contributed by atoms with E-state index in [1.807, 2.05) is 18.2 Å². The predicted octanol–water partition coefficient (Wildman–Crippen LogP) is 2.93. The number of benzene rings is 1. The van der Waals surface area contributed by atoms with Crippen LogP contribution in [0.3, 0.4) is 0 Å². The molecule has 4 nitrogen and oxygen atoms in total. The summed E-state index contributed by atoms with van der Waals surface area (Å²) in [7, 11) is 1.69. The first-order chi connectivity index (χ1) is 10.3. The van der Waals surface area contributed by atoms with Crippen molar-refractivity contribution >= 4 is 0 Å². The summed E-state index contributed by atoms with van der Waals surface area (Å²) in [5, 5.41) is 3.44. The molecule has 1 saturated heterocycles. The molecule has 0 bridgehead atoms. The minimum atomic E-state index is 0.0378. The average molecular weight is 293 g/mol. The van der Waals surface area contributed by atoms with Crippen molar-refractivity contribution in [2.75, 3.05) is 33.4 Å². The Labute approximate surface area is 127 Å². The second-order valence-electron chi connectivity index (χ2n) is 5.44. The van der Waals surface area contributed by atoms with Gasteiger partial charge in [0, 0.05) is 13.2 Å². The van der Waals surface area contributed by atoms with E-state index in [2.05, 4.69) is 18.3 Å². The van der Waals surface area contributed by atoms with Gasteiger partial charge in [-0.1, -0.05) is 19.1 Å². The first-order valence-electron chi connectivity index (χ1n) is 7.91. The topological polar surface area (TPSA) is 39.7 Å². The fourth-order valence-electron chi connectivity index (χ4n) is 2.52. The highest BCUT2D eigenvalue weighted by molar-refractivity contribution is 5.30. The van der Waals surface area contributed by atoms with Crippen molar-refractivity contribution in [1.82, 2.24) is 5.32 Å². The van der Waals surface area contributed by atoms with Crippen LogP contribution in [0.5, 0.6) is 5.75 Å². The lowest BCUT2D eigenvalue weighted by Gasteiger charge is -2.21. The van der Waals surface area contributed by atoms with Gasteiger partial charge in [-0.05, 0) is 43.5 Å². The van der Waals surface area contributed by atoms with Crippen LogP contribution < -0.4 is 10.1 Å². The van der Waals surface area contributed by atoms with Crippen molar-refractivity contribution in [3.63, 3.8) is 0 Å². The first-order valence-corrected chi connectivity index (χ1v) is 7.91. The lowest BCUT2D eigenvalue weighted by molar-refractivity contribution is -0.0209. The fraction of sp³-hybridized carbons (Fsp3) is 0.647. The highest BCUT2D eigenvalue weighted by Gasteiger charge is 2.19. The molecule has 1 aromatic rings. The van der Waals surface area contributed by atoms with Gasteiger partial charge < -0.3 is 19.5 Å². The largest absolute Gasteiger partial charge is 0.497 e. The molecule has 2 unspecified atom stereocenters. The molecular formula is C17H27NO3. The van der Waals surface area contributed by atoms with Crippen LogP contribution in [0.1, 0.15) is 37.9 Å². The monoisotopic (exact) mass is 293 g/mol. The Morgan fingerprint density at radius 2 is 2.33 bits per heavy atom. The summed E-state index contributed by atoms with van der Waals surface area (Å²) in [6.45, 7) is 5.51. The van der Waals surface area contributed by atoms with Crippen LogP contribution in [0.4, 0.5) is 0 Å². The van der Waals surface area contributed by atoms with Gasteiger partial charge in [-0.25, -0.2) is 0 Å². The first kappa shape index (κ1) is 16.3. The normalized spacial score (nSPS) is 19.6. The van der Waals surface area contributed by atoms with Gasteiger partial charge in [0.2, 0.25) is 0 Å². The zero-order valence-corrected chi connectivity index (χ0v) is 13.1. The highest BCUT2D eigenvalue weighted by Crippen LogP contribution is 2.23. The second kappa shape index (κ2) is 9.03. The van der Waals surface area contributed by atoms with Crippen LogP contribution in [-0.2, 0) is 9.47 Å². The van der Waals surface area contributed by atoms with Gasteiger partial charge in [-0.2, -0.15) is 0 Å². The molecule has 2 atom stereocenters. The average Bonchev–Trinajstić information content (AvgIpc) is 3.04. The SMILES string of the molecule is CCCNCC(OCC1CCCO1)c1cccc(OC)c1. The predicted molar refractivity (Wildman–Crippen MR) is 83.8 cm³/mol. The standard InChI is InChI=1S/C17H27NO3/c1-3-9-18-12-17(21-13-16-8-5-10-20-16)14-6-4-7-15(11-14)19-2/h4,6-7,11,16-18H,3,5,8-10,12-13H2,1-2H3. The molecule has 0 aromatic heterocycles. The third-order valence-electron chi connectivity index (χ3n) is 3.73. The Kier molecular flexibility index (Phi) is 7.00. The maximum Gasteiger partial charge on any atom is 0.119 e. The van der Waals surface area contributed by atoms with E-state index in [0.717, 1.165) is 50.3 Å². The van der Waals surface area contributed by atoms with E-state index in [1.54, 1.807) is 7.11 Å². The minimum Gasteiger partial charge on any atom is -0.497 e. The van der Waals surface area contributed by atoms with Crippen molar-refractivity contribution in [1.29, 1.82) is 0 Å². The van der Waals surface area contributed by atoms with Crippen molar-refractivity contribution in [2.45, 2.75) is 38.4 Å². The molecule has 0 spiro atoms. The third kappa shape index (κ3) is 5.30. The number of hydrogen-bond acceptors (Lipinski definition) is 4. The van der Waals surface area contributed by atoms with Crippen molar-refractivity contribution in [3.05, 3.63) is 29.8 Å². The van der Waals surface area contributed by atoms with Crippen molar-refractivity contribution in [2.24, 2.45) is 0 Å². The van der Waals surface area contributed by atoms with E-state index in [1.165, 1.54) is 0 Å². The summed E-state index contributed by atoms with van der Waals surface area (Å²) in [5.41, 5.74) is 1.15. The smallest absolute Gasteiger partial charge is 0.119 e. The quantitative estimate of drug-likeness (QED) is 0.711. The van der Waals surface area contributed by atoms with Crippen molar-refractivity contribution in [3.8, 4) is 5.75 Å². The van der Waals surface area contributed by atoms with Crippen LogP contribution in [0.25, 0.3) is 0 Å². The molecule has 1 N–H and O–H groups in total. The molecule has 1 aliphatic rings. The van der Waals surface area contributed by atoms with E-state index >= 15 is 0 Å². The van der Waals surface area contributed by atoms with E-state index in [4.69, 9.17) is 14.2 Å². The molecule has 2 rings (SSSR count). The Hall–Kier alpha value is -1.10. The minimum absolute atomic E-state index is 0.0378. The van der Waals surface area contributed by atoms with Gasteiger partial charge in [0.05, 0.1) is 25.9 Å². The van der Waals surface area contributed by atoms with Crippen LogP contribution in [0.15, 0.2) is 24.3 Å². The number of rotatable bonds is 9. The third-order valence-corrected chi connectivity index (χ3v) is 3.73. The number of ether oxygens (including phenoxy) is 3. The van der Waals surface area contributed by atoms with Crippen LogP contribution in [0.2, 0.25) is 0 Å². The van der Waals surface area contributed by atoms with Crippen LogP contribution in [0, 0.1) is 0 Å². The molecule has 1 fully saturated rings. The molecular weight excluding hydrogens is 266 g/mol. The summed E-state index contributed by atoms with van der Waals surface area (Å²) in [6.07, 6.45) is 3.66. The summed E-state index contributed by atoms with van der Waals surface area (Å²) in [4.78, 5) is 0. The molecule has 1 aromatic carbocycles. The van der Waals surface area contributed by atoms with Gasteiger partial charge >= 0.3 is 0 Å². The molecule has 21 heavy (non-hydrogen) atoms. The number of methoxy groups -OCH3 is 1. The summed E-state index contributed by atoms with van der Waals surface area (Å²) >= 11 is 0. The zero-order chi connectivity index (χ0) is 14.9. The number of nitrogens with one attached hydrogen (secondary N) is 1. The van der Waals surface area contributed by atoms with E-state index < -0.39 is 0 Å². The fourth-order valence-corrected chi connectivity index (χ4v) is 2.52. The Morgan fingerprint density at radius 3 is 3.05 bits per heavy atom. The van der Waals surface area contributed by atoms with Crippen LogP contribution in [-0.4, -0.2) is 39.5 Å². The van der Waals surface area contributed by atoms with Gasteiger partial charge in [0.25, 0.3) is 0 Å². The number of hydrogen-bond donors (Lipinski definition) is 1. The van der Waals surface area contributed by atoms with Crippen molar-refractivity contribution < 1.29 is 14.2 Å². The Bertz CT molecular complexity index is 405. The zero-order valence-electron chi connectivity index (χ0n) is 13.1. The summed E-state index contributed by atoms with van der Waals surface area (Å²) in [5.74, 6) is 0.869. The van der Waals surface area contributed by atoms with Gasteiger partial charge in [-0.3, -0.25) is 0 Å². The molecule has 0 amide bonds. The molecule has 4 heteroatoms. The molecule has 1 heterocycles. The van der Waals surface area contributed by atoms with Gasteiger partial charge in [0.1, 0.15) is 5.75 Å². The Balaban J connectivity index is 1.95. The van der Waals surface area contributed by atoms with Gasteiger partial charge in [0.15, 0.2) is 0 Å². The van der Waals surface area contributed by atoms with E-state index in [-0.39, 0.29) is 12.2 Å². The molecule has 1 aliphatic heterocycles. The highest BCUT2D eigenvalue weighted by atomic mass is 16.5. The lowest BCUT2D eigenvalue weighted by Crippen LogP contribution is -2.26. The summed E-state index contributed by atoms with van der Waals surface area (Å²) < 4.78 is 17.1. The van der Waals surface area contributed by atoms with Gasteiger partial charge in [-0.15, -0.1) is 0 Å². The Morgan fingerprint density at radius 1 is 1.43 bits per heavy atom.